The van der Waals surface area contributed by atoms with Gasteiger partial charge in [0.25, 0.3) is 0 Å². The number of hydrogen-bond acceptors (Lipinski definition) is 1. The highest BCUT2D eigenvalue weighted by molar-refractivity contribution is 5.99. The lowest BCUT2D eigenvalue weighted by Crippen LogP contribution is -2.23. The minimum atomic E-state index is -0.392. The van der Waals surface area contributed by atoms with E-state index in [9.17, 15) is 0 Å². The van der Waals surface area contributed by atoms with Gasteiger partial charge in [0.05, 0.1) is 5.69 Å². The van der Waals surface area contributed by atoms with Crippen molar-refractivity contribution in [1.29, 1.82) is 0 Å². The second-order valence-electron chi connectivity index (χ2n) is 17.9. The van der Waals surface area contributed by atoms with E-state index in [0.717, 1.165) is 11.4 Å². The van der Waals surface area contributed by atoms with Gasteiger partial charge in [-0.2, -0.15) is 0 Å². The van der Waals surface area contributed by atoms with E-state index in [-0.39, 0.29) is 10.8 Å². The third-order valence-corrected chi connectivity index (χ3v) is 13.1. The molecule has 0 saturated carbocycles. The molecule has 0 heterocycles. The summed E-state index contributed by atoms with van der Waals surface area (Å²) in [6.45, 7) is 14.2. The number of anilines is 3. The van der Waals surface area contributed by atoms with E-state index in [1.165, 1.54) is 83.6 Å². The van der Waals surface area contributed by atoms with Crippen LogP contribution in [0.25, 0.3) is 44.5 Å². The molecule has 0 fully saturated rings. The summed E-state index contributed by atoms with van der Waals surface area (Å²) in [7, 11) is 0. The smallest absolute Gasteiger partial charge is 0.0549 e. The molecule has 0 aliphatic heterocycles. The zero-order chi connectivity index (χ0) is 39.8. The number of hydrogen-bond donors (Lipinski definition) is 0. The van der Waals surface area contributed by atoms with Crippen molar-refractivity contribution in [2.75, 3.05) is 4.90 Å². The number of benzene rings is 8. The standard InChI is InChI=1S/C57H49N/c1-55(2,3)43-28-32-48-51(36-43)57(6,42-22-14-9-15-23-42)52-34-41(39-20-12-8-13-21-39)35-53(54(48)52)58(44-29-26-40(27-30-44)38-18-10-7-11-19-38)45-31-33-47-46-24-16-17-25-49(46)56(4,5)50(47)37-45/h7-37H,1-6H3. The second-order valence-corrected chi connectivity index (χ2v) is 17.9. The Hall–Kier alpha value is -6.44. The highest BCUT2D eigenvalue weighted by Gasteiger charge is 2.44. The van der Waals surface area contributed by atoms with Gasteiger partial charge in [-0.05, 0) is 121 Å². The molecular formula is C57H49N. The van der Waals surface area contributed by atoms with E-state index < -0.39 is 5.41 Å². The zero-order valence-corrected chi connectivity index (χ0v) is 34.3. The van der Waals surface area contributed by atoms with Gasteiger partial charge in [0, 0.05) is 27.8 Å². The van der Waals surface area contributed by atoms with Gasteiger partial charge in [0.2, 0.25) is 0 Å². The lowest BCUT2D eigenvalue weighted by molar-refractivity contribution is 0.587. The van der Waals surface area contributed by atoms with Crippen LogP contribution in [0.15, 0.2) is 188 Å². The molecule has 0 aromatic heterocycles. The first-order valence-corrected chi connectivity index (χ1v) is 20.7. The predicted octanol–water partition coefficient (Wildman–Crippen LogP) is 15.4. The van der Waals surface area contributed by atoms with Crippen molar-refractivity contribution in [2.45, 2.75) is 57.8 Å². The highest BCUT2D eigenvalue weighted by atomic mass is 15.1. The first-order chi connectivity index (χ1) is 28.0. The maximum Gasteiger partial charge on any atom is 0.0549 e. The van der Waals surface area contributed by atoms with Crippen LogP contribution in [0.4, 0.5) is 17.1 Å². The van der Waals surface area contributed by atoms with E-state index in [4.69, 9.17) is 0 Å². The quantitative estimate of drug-likeness (QED) is 0.164. The Bertz CT molecular complexity index is 2820. The molecule has 1 atom stereocenters. The van der Waals surface area contributed by atoms with Crippen molar-refractivity contribution < 1.29 is 0 Å². The van der Waals surface area contributed by atoms with Gasteiger partial charge in [-0.3, -0.25) is 0 Å². The van der Waals surface area contributed by atoms with Gasteiger partial charge < -0.3 is 4.90 Å². The maximum absolute atomic E-state index is 2.54. The van der Waals surface area contributed by atoms with Crippen LogP contribution in [0, 0.1) is 0 Å². The van der Waals surface area contributed by atoms with Crippen LogP contribution < -0.4 is 4.90 Å². The van der Waals surface area contributed by atoms with E-state index in [0.29, 0.717) is 0 Å². The van der Waals surface area contributed by atoms with E-state index in [1.807, 2.05) is 0 Å². The Kier molecular flexibility index (Phi) is 8.25. The summed E-state index contributed by atoms with van der Waals surface area (Å²) in [6, 6.07) is 70.3. The second kappa shape index (κ2) is 13.3. The molecule has 1 unspecified atom stereocenters. The Morgan fingerprint density at radius 1 is 0.397 bits per heavy atom. The maximum atomic E-state index is 2.54. The molecule has 58 heavy (non-hydrogen) atoms. The van der Waals surface area contributed by atoms with E-state index in [2.05, 4.69) is 234 Å². The summed E-state index contributed by atoms with van der Waals surface area (Å²) in [4.78, 5) is 2.54. The van der Waals surface area contributed by atoms with Crippen LogP contribution in [-0.4, -0.2) is 0 Å². The van der Waals surface area contributed by atoms with Gasteiger partial charge in [-0.1, -0.05) is 186 Å². The third kappa shape index (κ3) is 5.59. The lowest BCUT2D eigenvalue weighted by Gasteiger charge is -2.32. The fraction of sp³-hybridized carbons (Fsp3) is 0.158. The van der Waals surface area contributed by atoms with Crippen molar-refractivity contribution in [1.82, 2.24) is 0 Å². The SMILES string of the molecule is CC(C)(C)c1ccc2c(c1)C(C)(c1ccccc1)c1cc(-c3ccccc3)cc(N(c3ccc(-c4ccccc4)cc3)c3ccc4c(c3)C(C)(C)c3ccccc3-4)c1-2. The Morgan fingerprint density at radius 3 is 1.62 bits per heavy atom. The van der Waals surface area contributed by atoms with Gasteiger partial charge >= 0.3 is 0 Å². The minimum Gasteiger partial charge on any atom is -0.310 e. The molecule has 1 nitrogen and oxygen atoms in total. The molecule has 0 radical (unpaired) electrons. The molecule has 2 aliphatic rings. The molecule has 0 saturated heterocycles. The van der Waals surface area contributed by atoms with Crippen LogP contribution in [0.2, 0.25) is 0 Å². The summed E-state index contributed by atoms with van der Waals surface area (Å²) in [5.41, 5.74) is 21.1. The zero-order valence-electron chi connectivity index (χ0n) is 34.3. The van der Waals surface area contributed by atoms with Gasteiger partial charge in [-0.25, -0.2) is 0 Å². The van der Waals surface area contributed by atoms with Gasteiger partial charge in [0.1, 0.15) is 0 Å². The average Bonchev–Trinajstić information content (AvgIpc) is 3.65. The Labute approximate surface area is 344 Å². The molecule has 10 rings (SSSR count). The molecule has 0 amide bonds. The molecule has 1 heteroatoms. The molecule has 0 spiro atoms. The van der Waals surface area contributed by atoms with Crippen LogP contribution >= 0.6 is 0 Å². The topological polar surface area (TPSA) is 3.24 Å². The lowest BCUT2D eigenvalue weighted by atomic mass is 9.72. The molecule has 8 aromatic rings. The Morgan fingerprint density at radius 2 is 0.948 bits per heavy atom. The summed E-state index contributed by atoms with van der Waals surface area (Å²) >= 11 is 0. The van der Waals surface area contributed by atoms with Crippen LogP contribution in [0.5, 0.6) is 0 Å². The fourth-order valence-electron chi connectivity index (χ4n) is 9.84. The van der Waals surface area contributed by atoms with Crippen molar-refractivity contribution in [2.24, 2.45) is 0 Å². The van der Waals surface area contributed by atoms with Gasteiger partial charge in [-0.15, -0.1) is 0 Å². The molecular weight excluding hydrogens is 699 g/mol. The average molecular weight is 748 g/mol. The molecule has 8 aromatic carbocycles. The summed E-state index contributed by atoms with van der Waals surface area (Å²) < 4.78 is 0. The summed E-state index contributed by atoms with van der Waals surface area (Å²) in [5, 5.41) is 0. The van der Waals surface area contributed by atoms with Crippen LogP contribution in [0.1, 0.15) is 74.9 Å². The molecule has 0 N–H and O–H groups in total. The van der Waals surface area contributed by atoms with E-state index in [1.54, 1.807) is 0 Å². The highest BCUT2D eigenvalue weighted by Crippen LogP contribution is 2.59. The van der Waals surface area contributed by atoms with E-state index >= 15 is 0 Å². The first kappa shape index (κ1) is 35.9. The number of fused-ring (bicyclic) bond motifs is 6. The fourth-order valence-corrected chi connectivity index (χ4v) is 9.84. The number of rotatable bonds is 6. The largest absolute Gasteiger partial charge is 0.310 e. The Balaban J connectivity index is 1.29. The number of nitrogens with zero attached hydrogens (tertiary/aromatic N) is 1. The third-order valence-electron chi connectivity index (χ3n) is 13.1. The van der Waals surface area contributed by atoms with Gasteiger partial charge in [0.15, 0.2) is 0 Å². The molecule has 282 valence electrons. The molecule has 2 aliphatic carbocycles. The van der Waals surface area contributed by atoms with Crippen molar-refractivity contribution in [3.8, 4) is 44.5 Å². The minimum absolute atomic E-state index is 0.000757. The van der Waals surface area contributed by atoms with Crippen LogP contribution in [0.3, 0.4) is 0 Å². The van der Waals surface area contributed by atoms with Crippen LogP contribution in [-0.2, 0) is 16.2 Å². The monoisotopic (exact) mass is 747 g/mol. The van der Waals surface area contributed by atoms with Crippen molar-refractivity contribution in [3.05, 3.63) is 221 Å². The summed E-state index contributed by atoms with van der Waals surface area (Å²) in [6.07, 6.45) is 0. The first-order valence-electron chi connectivity index (χ1n) is 20.7. The summed E-state index contributed by atoms with van der Waals surface area (Å²) in [5.74, 6) is 0. The van der Waals surface area contributed by atoms with Crippen molar-refractivity contribution in [3.63, 3.8) is 0 Å². The van der Waals surface area contributed by atoms with Crippen molar-refractivity contribution >= 4 is 17.1 Å². The normalized spacial score (nSPS) is 16.0. The predicted molar refractivity (Wildman–Crippen MR) is 246 cm³/mol. The molecule has 0 bridgehead atoms.